The molecule has 200 valence electrons. The van der Waals surface area contributed by atoms with Crippen LogP contribution < -0.4 is 5.32 Å². The van der Waals surface area contributed by atoms with Crippen LogP contribution in [0.4, 0.5) is 0 Å². The molecule has 7 heteroatoms. The van der Waals surface area contributed by atoms with Crippen LogP contribution in [0.2, 0.25) is 10.0 Å². The number of thioether (sulfide) groups is 1. The van der Waals surface area contributed by atoms with Crippen molar-refractivity contribution in [2.45, 2.75) is 62.9 Å². The molecular weight excluding hydrogens is 535 g/mol. The maximum Gasteiger partial charge on any atom is 0.243 e. The van der Waals surface area contributed by atoms with E-state index in [-0.39, 0.29) is 24.4 Å². The van der Waals surface area contributed by atoms with E-state index in [2.05, 4.69) is 17.4 Å². The Morgan fingerprint density at radius 2 is 1.53 bits per heavy atom. The Labute approximate surface area is 240 Å². The summed E-state index contributed by atoms with van der Waals surface area (Å²) in [6.45, 7) is 0.286. The van der Waals surface area contributed by atoms with Crippen molar-refractivity contribution in [3.63, 3.8) is 0 Å². The summed E-state index contributed by atoms with van der Waals surface area (Å²) in [5.41, 5.74) is 3.09. The van der Waals surface area contributed by atoms with Crippen LogP contribution in [0.15, 0.2) is 78.9 Å². The minimum absolute atomic E-state index is 0.0425. The summed E-state index contributed by atoms with van der Waals surface area (Å²) in [6, 6.07) is 25.1. The Balaban J connectivity index is 1.54. The Bertz CT molecular complexity index is 1190. The van der Waals surface area contributed by atoms with E-state index in [0.717, 1.165) is 42.6 Å². The van der Waals surface area contributed by atoms with Crippen LogP contribution in [-0.4, -0.2) is 34.6 Å². The van der Waals surface area contributed by atoms with Gasteiger partial charge in [-0.1, -0.05) is 103 Å². The van der Waals surface area contributed by atoms with Crippen LogP contribution in [-0.2, 0) is 28.3 Å². The van der Waals surface area contributed by atoms with Crippen molar-refractivity contribution in [1.29, 1.82) is 0 Å². The second-order valence-electron chi connectivity index (χ2n) is 9.75. The molecule has 3 aromatic carbocycles. The van der Waals surface area contributed by atoms with E-state index in [1.54, 1.807) is 28.8 Å². The van der Waals surface area contributed by atoms with Crippen LogP contribution in [0.3, 0.4) is 0 Å². The lowest BCUT2D eigenvalue weighted by Gasteiger charge is -2.32. The van der Waals surface area contributed by atoms with Crippen molar-refractivity contribution in [3.8, 4) is 0 Å². The molecule has 1 aliphatic carbocycles. The zero-order valence-corrected chi connectivity index (χ0v) is 23.8. The van der Waals surface area contributed by atoms with Crippen LogP contribution >= 0.6 is 35.0 Å². The average molecular weight is 570 g/mol. The Kier molecular flexibility index (Phi) is 11.0. The monoisotopic (exact) mass is 568 g/mol. The van der Waals surface area contributed by atoms with E-state index >= 15 is 0 Å². The number of carbonyl (C=O) groups is 2. The third-order valence-electron chi connectivity index (χ3n) is 6.88. The number of rotatable bonds is 12. The number of nitrogens with zero attached hydrogens (tertiary/aromatic N) is 1. The molecule has 0 unspecified atom stereocenters. The summed E-state index contributed by atoms with van der Waals surface area (Å²) in [5.74, 6) is 1.38. The summed E-state index contributed by atoms with van der Waals surface area (Å²) < 4.78 is 0. The molecule has 1 atom stereocenters. The third-order valence-corrected chi connectivity index (χ3v) is 8.65. The van der Waals surface area contributed by atoms with Crippen molar-refractivity contribution in [3.05, 3.63) is 106 Å². The summed E-state index contributed by atoms with van der Waals surface area (Å²) in [4.78, 5) is 29.2. The number of hydrogen-bond acceptors (Lipinski definition) is 3. The van der Waals surface area contributed by atoms with Gasteiger partial charge in [-0.15, -0.1) is 0 Å². The van der Waals surface area contributed by atoms with Crippen molar-refractivity contribution in [2.24, 2.45) is 0 Å². The van der Waals surface area contributed by atoms with Gasteiger partial charge in [0.15, 0.2) is 0 Å². The van der Waals surface area contributed by atoms with E-state index in [4.69, 9.17) is 23.2 Å². The predicted octanol–water partition coefficient (Wildman–Crippen LogP) is 7.32. The molecule has 0 heterocycles. The highest BCUT2D eigenvalue weighted by molar-refractivity contribution is 7.98. The molecule has 0 bridgehead atoms. The molecule has 1 fully saturated rings. The van der Waals surface area contributed by atoms with Gasteiger partial charge >= 0.3 is 0 Å². The topological polar surface area (TPSA) is 49.4 Å². The largest absolute Gasteiger partial charge is 0.352 e. The highest BCUT2D eigenvalue weighted by Crippen LogP contribution is 2.25. The van der Waals surface area contributed by atoms with Gasteiger partial charge in [0, 0.05) is 36.9 Å². The SMILES string of the molecule is O=C(NC1CCCC1)[C@H](Cc1ccccc1)N(Cc1ccc(Cl)c(Cl)c1)C(=O)CCSCc1ccccc1. The Hall–Kier alpha value is -2.47. The number of halogens is 2. The zero-order chi connectivity index (χ0) is 26.7. The van der Waals surface area contributed by atoms with Gasteiger partial charge in [-0.25, -0.2) is 0 Å². The van der Waals surface area contributed by atoms with Gasteiger partial charge in [0.05, 0.1) is 10.0 Å². The van der Waals surface area contributed by atoms with Crippen molar-refractivity contribution < 1.29 is 9.59 Å². The molecule has 1 aliphatic rings. The molecule has 0 radical (unpaired) electrons. The van der Waals surface area contributed by atoms with Gasteiger partial charge < -0.3 is 10.2 Å². The van der Waals surface area contributed by atoms with Crippen molar-refractivity contribution >= 4 is 46.8 Å². The first-order valence-electron chi connectivity index (χ1n) is 13.2. The maximum atomic E-state index is 13.8. The third kappa shape index (κ3) is 8.52. The van der Waals surface area contributed by atoms with Crippen LogP contribution in [0.25, 0.3) is 0 Å². The van der Waals surface area contributed by atoms with E-state index in [9.17, 15) is 9.59 Å². The summed E-state index contributed by atoms with van der Waals surface area (Å²) >= 11 is 14.2. The molecule has 4 nitrogen and oxygen atoms in total. The molecule has 0 aromatic heterocycles. The lowest BCUT2D eigenvalue weighted by molar-refractivity contribution is -0.141. The zero-order valence-electron chi connectivity index (χ0n) is 21.5. The molecule has 0 aliphatic heterocycles. The second kappa shape index (κ2) is 14.6. The predicted molar refractivity (Wildman–Crippen MR) is 159 cm³/mol. The van der Waals surface area contributed by atoms with Gasteiger partial charge in [-0.2, -0.15) is 11.8 Å². The number of benzene rings is 3. The first-order chi connectivity index (χ1) is 18.5. The van der Waals surface area contributed by atoms with E-state index in [1.165, 1.54) is 5.56 Å². The summed E-state index contributed by atoms with van der Waals surface area (Å²) in [5, 5.41) is 4.14. The average Bonchev–Trinajstić information content (AvgIpc) is 3.44. The smallest absolute Gasteiger partial charge is 0.243 e. The van der Waals surface area contributed by atoms with E-state index < -0.39 is 6.04 Å². The van der Waals surface area contributed by atoms with Crippen LogP contribution in [0, 0.1) is 0 Å². The fourth-order valence-electron chi connectivity index (χ4n) is 4.82. The number of amides is 2. The maximum absolute atomic E-state index is 13.8. The van der Waals surface area contributed by atoms with Gasteiger partial charge in [0.1, 0.15) is 6.04 Å². The van der Waals surface area contributed by atoms with Gasteiger partial charge in [-0.05, 0) is 41.7 Å². The highest BCUT2D eigenvalue weighted by Gasteiger charge is 2.32. The molecule has 38 heavy (non-hydrogen) atoms. The second-order valence-corrected chi connectivity index (χ2v) is 11.7. The fraction of sp³-hybridized carbons (Fsp3) is 0.355. The number of carbonyl (C=O) groups excluding carboxylic acids is 2. The highest BCUT2D eigenvalue weighted by atomic mass is 35.5. The normalized spacial score (nSPS) is 14.3. The minimum atomic E-state index is -0.626. The molecule has 4 rings (SSSR count). The van der Waals surface area contributed by atoms with E-state index in [1.807, 2.05) is 54.6 Å². The van der Waals surface area contributed by atoms with E-state index in [0.29, 0.717) is 28.6 Å². The Morgan fingerprint density at radius 1 is 0.868 bits per heavy atom. The van der Waals surface area contributed by atoms with Crippen molar-refractivity contribution in [1.82, 2.24) is 10.2 Å². The van der Waals surface area contributed by atoms with Crippen molar-refractivity contribution in [2.75, 3.05) is 5.75 Å². The molecule has 0 saturated heterocycles. The molecule has 0 spiro atoms. The van der Waals surface area contributed by atoms with Gasteiger partial charge in [0.2, 0.25) is 11.8 Å². The molecule has 3 aromatic rings. The standard InChI is InChI=1S/C31H34Cl2N2O2S/c32-27-16-15-25(19-28(27)33)21-35(30(36)17-18-38-22-24-11-5-2-6-12-24)29(20-23-9-3-1-4-10-23)31(37)34-26-13-7-8-14-26/h1-6,9-12,15-16,19,26,29H,7-8,13-14,17-18,20-22H2,(H,34,37)/t29-/m0/s1. The number of nitrogens with one attached hydrogen (secondary N) is 1. The minimum Gasteiger partial charge on any atom is -0.352 e. The lowest BCUT2D eigenvalue weighted by atomic mass is 10.0. The Morgan fingerprint density at radius 3 is 2.18 bits per heavy atom. The first-order valence-corrected chi connectivity index (χ1v) is 15.1. The first kappa shape index (κ1) is 28.5. The molecule has 1 N–H and O–H groups in total. The van der Waals surface area contributed by atoms with Gasteiger partial charge in [-0.3, -0.25) is 9.59 Å². The quantitative estimate of drug-likeness (QED) is 0.233. The van der Waals surface area contributed by atoms with Gasteiger partial charge in [0.25, 0.3) is 0 Å². The molecule has 2 amide bonds. The molecular formula is C31H34Cl2N2O2S. The lowest BCUT2D eigenvalue weighted by Crippen LogP contribution is -2.52. The number of hydrogen-bond donors (Lipinski definition) is 1. The van der Waals surface area contributed by atoms with Crippen LogP contribution in [0.1, 0.15) is 48.8 Å². The summed E-state index contributed by atoms with van der Waals surface area (Å²) in [6.07, 6.45) is 5.02. The fourth-order valence-corrected chi connectivity index (χ4v) is 6.04. The molecule has 1 saturated carbocycles. The van der Waals surface area contributed by atoms with Crippen LogP contribution in [0.5, 0.6) is 0 Å². The summed E-state index contributed by atoms with van der Waals surface area (Å²) in [7, 11) is 0.